The number of carboxylic acids is 1. The maximum absolute atomic E-state index is 12.8. The lowest BCUT2D eigenvalue weighted by atomic mass is 10.1. The Kier molecular flexibility index (Phi) is 4.90. The van der Waals surface area contributed by atoms with Crippen molar-refractivity contribution in [2.45, 2.75) is 6.18 Å². The molecule has 0 radical (unpaired) electrons. The van der Waals surface area contributed by atoms with Crippen LogP contribution in [0.5, 0.6) is 0 Å². The Balaban J connectivity index is 3.20. The standard InChI is InChI=1S/C12H11F3N2O4/c13-12(14,15)8-4-2-1-3-7(8)11(21)17(5-9(16)18)6-10(19)20/h1-4H,5-6H2,(H2,16,18)(H,19,20). The van der Waals surface area contributed by atoms with Gasteiger partial charge in [-0.2, -0.15) is 13.2 Å². The van der Waals surface area contributed by atoms with Crippen molar-refractivity contribution in [2.24, 2.45) is 5.73 Å². The predicted molar refractivity (Wildman–Crippen MR) is 64.2 cm³/mol. The van der Waals surface area contributed by atoms with Gasteiger partial charge in [-0.05, 0) is 12.1 Å². The maximum atomic E-state index is 12.8. The topological polar surface area (TPSA) is 101 Å². The Morgan fingerprint density at radius 1 is 1.14 bits per heavy atom. The molecule has 6 nitrogen and oxygen atoms in total. The third-order valence-electron chi connectivity index (χ3n) is 2.42. The molecule has 0 saturated heterocycles. The lowest BCUT2D eigenvalue weighted by Crippen LogP contribution is -2.42. The molecule has 0 aliphatic rings. The van der Waals surface area contributed by atoms with Crippen LogP contribution in [0.3, 0.4) is 0 Å². The van der Waals surface area contributed by atoms with Crippen molar-refractivity contribution in [1.82, 2.24) is 4.90 Å². The number of nitrogens with two attached hydrogens (primary N) is 1. The van der Waals surface area contributed by atoms with Crippen LogP contribution in [0, 0.1) is 0 Å². The highest BCUT2D eigenvalue weighted by molar-refractivity contribution is 5.99. The lowest BCUT2D eigenvalue weighted by molar-refractivity contribution is -0.138. The number of rotatable bonds is 5. The first-order valence-corrected chi connectivity index (χ1v) is 5.58. The highest BCUT2D eigenvalue weighted by Crippen LogP contribution is 2.32. The fraction of sp³-hybridized carbons (Fsp3) is 0.250. The normalized spacial score (nSPS) is 11.0. The fourth-order valence-electron chi connectivity index (χ4n) is 1.64. The predicted octanol–water partition coefficient (Wildman–Crippen LogP) is 0.718. The van der Waals surface area contributed by atoms with Gasteiger partial charge in [0, 0.05) is 0 Å². The third kappa shape index (κ3) is 4.48. The van der Waals surface area contributed by atoms with E-state index in [2.05, 4.69) is 0 Å². The van der Waals surface area contributed by atoms with Crippen LogP contribution in [-0.4, -0.2) is 40.9 Å². The highest BCUT2D eigenvalue weighted by atomic mass is 19.4. The molecule has 2 amide bonds. The van der Waals surface area contributed by atoms with Gasteiger partial charge in [-0.1, -0.05) is 12.1 Å². The average Bonchev–Trinajstić information content (AvgIpc) is 2.35. The second-order valence-corrected chi connectivity index (χ2v) is 4.06. The van der Waals surface area contributed by atoms with E-state index in [0.29, 0.717) is 11.0 Å². The third-order valence-corrected chi connectivity index (χ3v) is 2.42. The minimum Gasteiger partial charge on any atom is -0.480 e. The summed E-state index contributed by atoms with van der Waals surface area (Å²) in [5.41, 5.74) is 2.90. The number of benzene rings is 1. The zero-order chi connectivity index (χ0) is 16.2. The molecule has 9 heteroatoms. The van der Waals surface area contributed by atoms with Crippen LogP contribution in [-0.2, 0) is 15.8 Å². The maximum Gasteiger partial charge on any atom is 0.417 e. The zero-order valence-corrected chi connectivity index (χ0v) is 10.6. The van der Waals surface area contributed by atoms with Crippen LogP contribution in [0.2, 0.25) is 0 Å². The monoisotopic (exact) mass is 304 g/mol. The highest BCUT2D eigenvalue weighted by Gasteiger charge is 2.36. The Morgan fingerprint density at radius 3 is 2.19 bits per heavy atom. The molecule has 0 spiro atoms. The van der Waals surface area contributed by atoms with Crippen LogP contribution in [0.1, 0.15) is 15.9 Å². The van der Waals surface area contributed by atoms with E-state index in [1.165, 1.54) is 6.07 Å². The zero-order valence-electron chi connectivity index (χ0n) is 10.6. The van der Waals surface area contributed by atoms with E-state index in [0.717, 1.165) is 12.1 Å². The fourth-order valence-corrected chi connectivity index (χ4v) is 1.64. The second kappa shape index (κ2) is 6.25. The van der Waals surface area contributed by atoms with Crippen molar-refractivity contribution in [3.05, 3.63) is 35.4 Å². The Hall–Kier alpha value is -2.58. The van der Waals surface area contributed by atoms with Crippen LogP contribution in [0.15, 0.2) is 24.3 Å². The Bertz CT molecular complexity index is 556. The molecule has 0 saturated carbocycles. The number of alkyl halides is 3. The molecule has 0 heterocycles. The number of carbonyl (C=O) groups excluding carboxylic acids is 2. The number of primary amides is 1. The summed E-state index contributed by atoms with van der Waals surface area (Å²) in [5, 5.41) is 8.65. The van der Waals surface area contributed by atoms with E-state index in [9.17, 15) is 27.6 Å². The van der Waals surface area contributed by atoms with Gasteiger partial charge < -0.3 is 15.7 Å². The summed E-state index contributed by atoms with van der Waals surface area (Å²) in [6, 6.07) is 3.89. The molecule has 1 rings (SSSR count). The van der Waals surface area contributed by atoms with Gasteiger partial charge in [0.15, 0.2) is 0 Å². The van der Waals surface area contributed by atoms with Crippen molar-refractivity contribution < 1.29 is 32.7 Å². The van der Waals surface area contributed by atoms with E-state index in [1.807, 2.05) is 0 Å². The van der Waals surface area contributed by atoms with E-state index in [-0.39, 0.29) is 0 Å². The first kappa shape index (κ1) is 16.5. The molecule has 0 fully saturated rings. The van der Waals surface area contributed by atoms with Gasteiger partial charge in [0.25, 0.3) is 5.91 Å². The summed E-state index contributed by atoms with van der Waals surface area (Å²) in [7, 11) is 0. The molecule has 0 aliphatic heterocycles. The van der Waals surface area contributed by atoms with Crippen molar-refractivity contribution >= 4 is 17.8 Å². The smallest absolute Gasteiger partial charge is 0.417 e. The summed E-state index contributed by atoms with van der Waals surface area (Å²) in [4.78, 5) is 33.9. The first-order valence-electron chi connectivity index (χ1n) is 5.58. The largest absolute Gasteiger partial charge is 0.480 e. The van der Waals surface area contributed by atoms with Gasteiger partial charge in [-0.3, -0.25) is 14.4 Å². The van der Waals surface area contributed by atoms with E-state index in [1.54, 1.807) is 0 Å². The minimum atomic E-state index is -4.78. The number of carboxylic acid groups (broad SMARTS) is 1. The van der Waals surface area contributed by atoms with Gasteiger partial charge in [-0.15, -0.1) is 0 Å². The minimum absolute atomic E-state index is 0.440. The molecule has 0 aliphatic carbocycles. The molecule has 114 valence electrons. The number of hydrogen-bond donors (Lipinski definition) is 2. The SMILES string of the molecule is NC(=O)CN(CC(=O)O)C(=O)c1ccccc1C(F)(F)F. The lowest BCUT2D eigenvalue weighted by Gasteiger charge is -2.21. The van der Waals surface area contributed by atoms with E-state index >= 15 is 0 Å². The summed E-state index contributed by atoms with van der Waals surface area (Å²) >= 11 is 0. The van der Waals surface area contributed by atoms with Gasteiger partial charge >= 0.3 is 12.1 Å². The molecule has 0 unspecified atom stereocenters. The molecular weight excluding hydrogens is 293 g/mol. The molecule has 1 aromatic rings. The molecule has 3 N–H and O–H groups in total. The van der Waals surface area contributed by atoms with Gasteiger partial charge in [0.1, 0.15) is 13.1 Å². The Labute approximate surface area is 116 Å². The van der Waals surface area contributed by atoms with Crippen LogP contribution in [0.4, 0.5) is 13.2 Å². The molecule has 0 bridgehead atoms. The van der Waals surface area contributed by atoms with Crippen molar-refractivity contribution in [2.75, 3.05) is 13.1 Å². The molecule has 0 atom stereocenters. The van der Waals surface area contributed by atoms with Crippen LogP contribution < -0.4 is 5.73 Å². The van der Waals surface area contributed by atoms with E-state index in [4.69, 9.17) is 10.8 Å². The van der Waals surface area contributed by atoms with Gasteiger partial charge in [0.2, 0.25) is 5.91 Å². The van der Waals surface area contributed by atoms with Gasteiger partial charge in [0.05, 0.1) is 11.1 Å². The molecular formula is C12H11F3N2O4. The van der Waals surface area contributed by atoms with E-state index < -0.39 is 48.2 Å². The molecule has 0 aromatic heterocycles. The van der Waals surface area contributed by atoms with Crippen LogP contribution >= 0.6 is 0 Å². The number of amides is 2. The quantitative estimate of drug-likeness (QED) is 0.837. The number of carbonyl (C=O) groups is 3. The van der Waals surface area contributed by atoms with Crippen molar-refractivity contribution in [1.29, 1.82) is 0 Å². The number of halogens is 3. The van der Waals surface area contributed by atoms with Crippen molar-refractivity contribution in [3.63, 3.8) is 0 Å². The second-order valence-electron chi connectivity index (χ2n) is 4.06. The van der Waals surface area contributed by atoms with Crippen molar-refractivity contribution in [3.8, 4) is 0 Å². The van der Waals surface area contributed by atoms with Crippen LogP contribution in [0.25, 0.3) is 0 Å². The number of aliphatic carboxylic acids is 1. The average molecular weight is 304 g/mol. The summed E-state index contributed by atoms with van der Waals surface area (Å²) in [6.45, 7) is -1.73. The van der Waals surface area contributed by atoms with Gasteiger partial charge in [-0.25, -0.2) is 0 Å². The summed E-state index contributed by atoms with van der Waals surface area (Å²) in [6.07, 6.45) is -4.78. The number of nitrogens with zero attached hydrogens (tertiary/aromatic N) is 1. The number of hydrogen-bond acceptors (Lipinski definition) is 3. The summed E-state index contributed by atoms with van der Waals surface area (Å²) in [5.74, 6) is -3.74. The molecule has 1 aromatic carbocycles. The molecule has 21 heavy (non-hydrogen) atoms. The first-order chi connectivity index (χ1) is 9.62. The Morgan fingerprint density at radius 2 is 1.71 bits per heavy atom. The summed E-state index contributed by atoms with van der Waals surface area (Å²) < 4.78 is 38.5.